The van der Waals surface area contributed by atoms with Gasteiger partial charge in [0.25, 0.3) is 0 Å². The number of guanidine groups is 1. The second-order valence-corrected chi connectivity index (χ2v) is 10.1. The summed E-state index contributed by atoms with van der Waals surface area (Å²) >= 11 is 1.53. The molecule has 0 aromatic carbocycles. The van der Waals surface area contributed by atoms with Crippen molar-refractivity contribution < 1.29 is 17.4 Å². The first kappa shape index (κ1) is 29.5. The van der Waals surface area contributed by atoms with Crippen molar-refractivity contribution in [2.45, 2.75) is 42.6 Å². The molecule has 204 valence electrons. The normalized spacial score (nSPS) is 23.6. The molecule has 0 fully saturated rings. The first-order valence-corrected chi connectivity index (χ1v) is 14.4. The number of pyridine rings is 1. The highest BCUT2D eigenvalue weighted by molar-refractivity contribution is 7.98. The Labute approximate surface area is 226 Å². The van der Waals surface area contributed by atoms with E-state index in [2.05, 4.69) is 30.6 Å². The van der Waals surface area contributed by atoms with Gasteiger partial charge in [-0.1, -0.05) is 32.1 Å². The minimum Gasteiger partial charge on any atom is -0.326 e. The summed E-state index contributed by atoms with van der Waals surface area (Å²) < 4.78 is 50.5. The lowest BCUT2D eigenvalue weighted by Crippen LogP contribution is -2.42. The molecule has 2 aliphatic heterocycles. The van der Waals surface area contributed by atoms with E-state index in [0.717, 1.165) is 16.0 Å². The van der Waals surface area contributed by atoms with E-state index >= 15 is 0 Å². The summed E-state index contributed by atoms with van der Waals surface area (Å²) in [6.45, 7) is 2.90. The Kier molecular flexibility index (Phi) is 10.6. The van der Waals surface area contributed by atoms with Crippen LogP contribution >= 0.6 is 11.8 Å². The number of halogens is 3. The van der Waals surface area contributed by atoms with Crippen LogP contribution in [0.3, 0.4) is 0 Å². The predicted octanol–water partition coefficient (Wildman–Crippen LogP) is 3.83. The number of alkyl halides is 3. The van der Waals surface area contributed by atoms with E-state index in [-0.39, 0.29) is 23.6 Å². The molecule has 3 atom stereocenters. The summed E-state index contributed by atoms with van der Waals surface area (Å²) in [7, 11) is -1.45. The number of rotatable bonds is 6. The van der Waals surface area contributed by atoms with Crippen LogP contribution in [-0.4, -0.2) is 63.5 Å². The van der Waals surface area contributed by atoms with Gasteiger partial charge in [-0.2, -0.15) is 13.2 Å². The maximum Gasteiger partial charge on any atom is 0.408 e. The lowest BCUT2D eigenvalue weighted by atomic mass is 10.1. The molecule has 3 aliphatic rings. The first-order chi connectivity index (χ1) is 18.2. The van der Waals surface area contributed by atoms with Gasteiger partial charge in [-0.25, -0.2) is 9.20 Å². The SMILES string of the molecule is CC.CSc1cncc(C2=NC3C=C(C=C2)NC(=NCC2=CCC(S(N)=O)C=C2)NC3=NCC(F)(F)F)c1. The van der Waals surface area contributed by atoms with E-state index in [0.29, 0.717) is 17.8 Å². The number of thioether (sulfide) groups is 1. The molecule has 8 nitrogen and oxygen atoms in total. The molecule has 1 aromatic heterocycles. The second-order valence-electron chi connectivity index (χ2n) is 8.00. The van der Waals surface area contributed by atoms with E-state index < -0.39 is 29.7 Å². The Morgan fingerprint density at radius 3 is 2.63 bits per heavy atom. The van der Waals surface area contributed by atoms with Crippen molar-refractivity contribution in [1.82, 2.24) is 15.6 Å². The molecule has 0 amide bonds. The lowest BCUT2D eigenvalue weighted by molar-refractivity contribution is -0.118. The number of fused-ring (bicyclic) bond motifs is 1. The van der Waals surface area contributed by atoms with Gasteiger partial charge in [0.2, 0.25) is 5.96 Å². The highest BCUT2D eigenvalue weighted by atomic mass is 32.2. The quantitative estimate of drug-likeness (QED) is 0.454. The van der Waals surface area contributed by atoms with Crippen molar-refractivity contribution in [3.05, 3.63) is 71.7 Å². The number of nitrogens with zero attached hydrogens (tertiary/aromatic N) is 4. The molecular formula is C25H30F3N7OS2. The van der Waals surface area contributed by atoms with Gasteiger partial charge in [-0.05, 0) is 42.5 Å². The topological polar surface area (TPSA) is 117 Å². The van der Waals surface area contributed by atoms with Crippen molar-refractivity contribution in [1.29, 1.82) is 0 Å². The molecule has 3 heterocycles. The van der Waals surface area contributed by atoms with E-state index in [1.807, 2.05) is 32.2 Å². The zero-order valence-electron chi connectivity index (χ0n) is 21.2. The standard InChI is InChI=1S/C23H24F3N7OS2.C2H6/c1-35-17-8-15(11-28-12-17)19-7-4-16-9-20(32-19)21(30-13-23(24,25)26)33-22(31-16)29-10-14-2-5-18(6-3-14)36(27)34;1-2/h2-5,7-9,11-12,18,20H,6,10,13,27H2,1H3,(H2,29,30,31,33);1-2H3. The van der Waals surface area contributed by atoms with Crippen molar-refractivity contribution in [3.8, 4) is 0 Å². The lowest BCUT2D eigenvalue weighted by Gasteiger charge is -2.16. The highest BCUT2D eigenvalue weighted by Gasteiger charge is 2.29. The Morgan fingerprint density at radius 2 is 1.97 bits per heavy atom. The number of allylic oxidation sites excluding steroid dienone is 3. The van der Waals surface area contributed by atoms with Gasteiger partial charge in [0.1, 0.15) is 18.4 Å². The van der Waals surface area contributed by atoms with Crippen LogP contribution in [0.1, 0.15) is 25.8 Å². The molecule has 1 aromatic rings. The molecule has 1 aliphatic carbocycles. The fraction of sp³-hybridized carbons (Fsp3) is 0.360. The maximum atomic E-state index is 13.0. The Bertz CT molecular complexity index is 1250. The third-order valence-electron chi connectivity index (χ3n) is 5.35. The van der Waals surface area contributed by atoms with Crippen molar-refractivity contribution in [2.75, 3.05) is 19.3 Å². The molecule has 3 unspecified atom stereocenters. The van der Waals surface area contributed by atoms with Gasteiger partial charge in [0.05, 0.1) is 28.5 Å². The van der Waals surface area contributed by atoms with Crippen LogP contribution in [-0.2, 0) is 11.0 Å². The van der Waals surface area contributed by atoms with Crippen LogP contribution < -0.4 is 15.8 Å². The maximum absolute atomic E-state index is 13.0. The molecule has 0 spiro atoms. The number of hydrogen-bond donors (Lipinski definition) is 3. The van der Waals surface area contributed by atoms with Crippen LogP contribution in [0.5, 0.6) is 0 Å². The van der Waals surface area contributed by atoms with Crippen LogP contribution in [0.2, 0.25) is 0 Å². The summed E-state index contributed by atoms with van der Waals surface area (Å²) in [5, 5.41) is 11.2. The van der Waals surface area contributed by atoms with Crippen LogP contribution in [0.25, 0.3) is 0 Å². The summed E-state index contributed by atoms with van der Waals surface area (Å²) in [6, 6.07) is 1.13. The first-order valence-electron chi connectivity index (χ1n) is 11.9. The third kappa shape index (κ3) is 8.50. The summed E-state index contributed by atoms with van der Waals surface area (Å²) in [5.41, 5.74) is 2.80. The highest BCUT2D eigenvalue weighted by Crippen LogP contribution is 2.20. The van der Waals surface area contributed by atoms with Gasteiger partial charge >= 0.3 is 6.18 Å². The molecule has 4 N–H and O–H groups in total. The molecular weight excluding hydrogens is 535 g/mol. The van der Waals surface area contributed by atoms with Crippen LogP contribution in [0, 0.1) is 0 Å². The number of aliphatic imine (C=N–C) groups is 3. The minimum atomic E-state index is -4.47. The van der Waals surface area contributed by atoms with Crippen LogP contribution in [0.15, 0.2) is 86.1 Å². The molecule has 4 rings (SSSR count). The third-order valence-corrected chi connectivity index (χ3v) is 7.00. The van der Waals surface area contributed by atoms with E-state index in [4.69, 9.17) is 5.14 Å². The largest absolute Gasteiger partial charge is 0.408 e. The average molecular weight is 566 g/mol. The minimum absolute atomic E-state index is 0.0236. The number of aromatic nitrogens is 1. The fourth-order valence-electron chi connectivity index (χ4n) is 3.54. The molecule has 2 bridgehead atoms. The Balaban J connectivity index is 0.00000195. The zero-order chi connectivity index (χ0) is 27.7. The van der Waals surface area contributed by atoms with E-state index in [1.165, 1.54) is 11.8 Å². The smallest absolute Gasteiger partial charge is 0.326 e. The number of amidine groups is 1. The predicted molar refractivity (Wildman–Crippen MR) is 150 cm³/mol. The van der Waals surface area contributed by atoms with Gasteiger partial charge in [-0.15, -0.1) is 11.8 Å². The fourth-order valence-corrected chi connectivity index (χ4v) is 4.47. The van der Waals surface area contributed by atoms with E-state index in [9.17, 15) is 17.4 Å². The van der Waals surface area contributed by atoms with Gasteiger partial charge < -0.3 is 10.6 Å². The molecule has 0 saturated heterocycles. The number of nitrogens with one attached hydrogen (secondary N) is 2. The molecule has 0 saturated carbocycles. The summed E-state index contributed by atoms with van der Waals surface area (Å²) in [6.07, 6.45) is 12.1. The molecule has 0 radical (unpaired) electrons. The monoisotopic (exact) mass is 565 g/mol. The summed E-state index contributed by atoms with van der Waals surface area (Å²) in [5.74, 6) is 0.272. The van der Waals surface area contributed by atoms with Gasteiger partial charge in [0, 0.05) is 28.5 Å². The van der Waals surface area contributed by atoms with E-state index in [1.54, 1.807) is 42.8 Å². The van der Waals surface area contributed by atoms with Crippen LogP contribution in [0.4, 0.5) is 13.2 Å². The molecule has 38 heavy (non-hydrogen) atoms. The Hall–Kier alpha value is -3.03. The number of hydrogen-bond acceptors (Lipinski definition) is 6. The van der Waals surface area contributed by atoms with Crippen molar-refractivity contribution in [3.63, 3.8) is 0 Å². The number of nitrogens with two attached hydrogens (primary N) is 1. The summed E-state index contributed by atoms with van der Waals surface area (Å²) in [4.78, 5) is 18.1. The second kappa shape index (κ2) is 13.7. The Morgan fingerprint density at radius 1 is 1.18 bits per heavy atom. The molecule has 13 heteroatoms. The van der Waals surface area contributed by atoms with Gasteiger partial charge in [0.15, 0.2) is 0 Å². The zero-order valence-corrected chi connectivity index (χ0v) is 22.8. The van der Waals surface area contributed by atoms with Gasteiger partial charge in [-0.3, -0.25) is 20.1 Å². The average Bonchev–Trinajstić information content (AvgIpc) is 3.23. The van der Waals surface area contributed by atoms with Crippen molar-refractivity contribution in [2.24, 2.45) is 20.1 Å². The van der Waals surface area contributed by atoms with Crippen molar-refractivity contribution >= 4 is 40.3 Å².